The standard InChI is InChI=1S/C12H13N5S/c1-10-6-2-3-7-11(10)17-12(14-15-16-17)18-9-5-4-8-13/h2-3,6-7H,4-5,9H2,1H3. The van der Waals surface area contributed by atoms with Gasteiger partial charge in [0.25, 0.3) is 0 Å². The van der Waals surface area contributed by atoms with E-state index in [4.69, 9.17) is 5.26 Å². The van der Waals surface area contributed by atoms with Gasteiger partial charge >= 0.3 is 0 Å². The van der Waals surface area contributed by atoms with Gasteiger partial charge in [-0.2, -0.15) is 9.94 Å². The fourth-order valence-corrected chi connectivity index (χ4v) is 2.36. The zero-order valence-corrected chi connectivity index (χ0v) is 10.9. The molecule has 0 bridgehead atoms. The van der Waals surface area contributed by atoms with Gasteiger partial charge in [-0.15, -0.1) is 5.10 Å². The Morgan fingerprint density at radius 3 is 3.00 bits per heavy atom. The van der Waals surface area contributed by atoms with Gasteiger partial charge in [-0.3, -0.25) is 0 Å². The van der Waals surface area contributed by atoms with Crippen molar-refractivity contribution in [3.8, 4) is 11.8 Å². The van der Waals surface area contributed by atoms with Crippen molar-refractivity contribution in [3.05, 3.63) is 29.8 Å². The lowest BCUT2D eigenvalue weighted by Crippen LogP contribution is -2.01. The summed E-state index contributed by atoms with van der Waals surface area (Å²) >= 11 is 1.57. The molecule has 0 unspecified atom stereocenters. The first-order valence-electron chi connectivity index (χ1n) is 5.67. The molecule has 0 radical (unpaired) electrons. The van der Waals surface area contributed by atoms with E-state index in [2.05, 4.69) is 21.6 Å². The summed E-state index contributed by atoms with van der Waals surface area (Å²) in [6.45, 7) is 2.03. The van der Waals surface area contributed by atoms with Gasteiger partial charge in [0.2, 0.25) is 5.16 Å². The molecule has 0 spiro atoms. The first kappa shape index (κ1) is 12.6. The van der Waals surface area contributed by atoms with Gasteiger partial charge in [0.15, 0.2) is 0 Å². The van der Waals surface area contributed by atoms with Gasteiger partial charge in [-0.05, 0) is 35.4 Å². The predicted molar refractivity (Wildman–Crippen MR) is 69.5 cm³/mol. The minimum absolute atomic E-state index is 0.568. The number of nitriles is 1. The van der Waals surface area contributed by atoms with Crippen molar-refractivity contribution in [2.24, 2.45) is 0 Å². The summed E-state index contributed by atoms with van der Waals surface area (Å²) in [6, 6.07) is 10.1. The third-order valence-corrected chi connectivity index (χ3v) is 3.45. The zero-order chi connectivity index (χ0) is 12.8. The Hall–Kier alpha value is -1.87. The molecule has 1 heterocycles. The lowest BCUT2D eigenvalue weighted by atomic mass is 10.2. The third-order valence-electron chi connectivity index (χ3n) is 2.45. The van der Waals surface area contributed by atoms with Crippen LogP contribution < -0.4 is 0 Å². The van der Waals surface area contributed by atoms with E-state index in [0.29, 0.717) is 6.42 Å². The molecule has 92 valence electrons. The summed E-state index contributed by atoms with van der Waals surface area (Å²) in [5.41, 5.74) is 2.12. The number of rotatable bonds is 5. The number of nitrogens with zero attached hydrogens (tertiary/aromatic N) is 5. The number of aromatic nitrogens is 4. The van der Waals surface area contributed by atoms with E-state index in [0.717, 1.165) is 28.6 Å². The number of aryl methyl sites for hydroxylation is 1. The van der Waals surface area contributed by atoms with Gasteiger partial charge < -0.3 is 0 Å². The molecule has 2 rings (SSSR count). The van der Waals surface area contributed by atoms with E-state index < -0.39 is 0 Å². The Morgan fingerprint density at radius 2 is 2.22 bits per heavy atom. The third kappa shape index (κ3) is 2.87. The normalized spacial score (nSPS) is 10.2. The fraction of sp³-hybridized carbons (Fsp3) is 0.333. The first-order chi connectivity index (χ1) is 8.83. The molecule has 0 fully saturated rings. The topological polar surface area (TPSA) is 67.4 Å². The van der Waals surface area contributed by atoms with Gasteiger partial charge in [0.1, 0.15) is 0 Å². The summed E-state index contributed by atoms with van der Waals surface area (Å²) in [6.07, 6.45) is 1.42. The van der Waals surface area contributed by atoms with Crippen LogP contribution in [0, 0.1) is 18.3 Å². The molecule has 0 amide bonds. The second-order valence-corrected chi connectivity index (χ2v) is 4.83. The van der Waals surface area contributed by atoms with E-state index in [9.17, 15) is 0 Å². The Bertz CT molecular complexity index is 558. The molecule has 0 aliphatic rings. The minimum atomic E-state index is 0.568. The molecule has 0 atom stereocenters. The summed E-state index contributed by atoms with van der Waals surface area (Å²) in [7, 11) is 0. The van der Waals surface area contributed by atoms with Crippen LogP contribution in [0.15, 0.2) is 29.4 Å². The largest absolute Gasteiger partial charge is 0.214 e. The van der Waals surface area contributed by atoms with Crippen LogP contribution in [0.3, 0.4) is 0 Å². The maximum absolute atomic E-state index is 8.49. The Kier molecular flexibility index (Phi) is 4.31. The molecule has 0 aliphatic heterocycles. The number of hydrogen-bond acceptors (Lipinski definition) is 5. The summed E-state index contributed by atoms with van der Waals surface area (Å²) < 4.78 is 1.74. The van der Waals surface area contributed by atoms with Gasteiger partial charge in [0.05, 0.1) is 11.8 Å². The second-order valence-electron chi connectivity index (χ2n) is 3.77. The number of tetrazole rings is 1. The molecule has 18 heavy (non-hydrogen) atoms. The number of thioether (sulfide) groups is 1. The summed E-state index contributed by atoms with van der Waals surface area (Å²) in [5, 5.41) is 21.0. The van der Waals surface area contributed by atoms with Crippen LogP contribution in [0.2, 0.25) is 0 Å². The number of hydrogen-bond donors (Lipinski definition) is 0. The quantitative estimate of drug-likeness (QED) is 0.609. The highest BCUT2D eigenvalue weighted by Crippen LogP contribution is 2.21. The van der Waals surface area contributed by atoms with Crippen LogP contribution in [0.4, 0.5) is 0 Å². The Morgan fingerprint density at radius 1 is 1.39 bits per heavy atom. The number of unbranched alkanes of at least 4 members (excludes halogenated alkanes) is 1. The highest BCUT2D eigenvalue weighted by atomic mass is 32.2. The van der Waals surface area contributed by atoms with Crippen LogP contribution in [0.25, 0.3) is 5.69 Å². The molecule has 2 aromatic rings. The lowest BCUT2D eigenvalue weighted by molar-refractivity contribution is 0.751. The van der Waals surface area contributed by atoms with E-state index >= 15 is 0 Å². The van der Waals surface area contributed by atoms with E-state index in [1.54, 1.807) is 16.4 Å². The molecular formula is C12H13N5S. The fourth-order valence-electron chi connectivity index (χ4n) is 1.54. The van der Waals surface area contributed by atoms with Crippen molar-refractivity contribution in [1.29, 1.82) is 5.26 Å². The monoisotopic (exact) mass is 259 g/mol. The number of para-hydroxylation sites is 1. The van der Waals surface area contributed by atoms with Crippen LogP contribution in [0.5, 0.6) is 0 Å². The second kappa shape index (κ2) is 6.17. The van der Waals surface area contributed by atoms with Crippen LogP contribution >= 0.6 is 11.8 Å². The van der Waals surface area contributed by atoms with Crippen molar-refractivity contribution in [2.45, 2.75) is 24.9 Å². The first-order valence-corrected chi connectivity index (χ1v) is 6.65. The van der Waals surface area contributed by atoms with Crippen LogP contribution in [0.1, 0.15) is 18.4 Å². The van der Waals surface area contributed by atoms with Crippen LogP contribution in [-0.4, -0.2) is 26.0 Å². The summed E-state index contributed by atoms with van der Waals surface area (Å²) in [4.78, 5) is 0. The molecule has 0 N–H and O–H groups in total. The average Bonchev–Trinajstić information content (AvgIpc) is 2.83. The van der Waals surface area contributed by atoms with Gasteiger partial charge in [0, 0.05) is 12.2 Å². The molecule has 0 saturated heterocycles. The lowest BCUT2D eigenvalue weighted by Gasteiger charge is -2.06. The smallest absolute Gasteiger partial charge is 0.198 e. The minimum Gasteiger partial charge on any atom is -0.198 e. The van der Waals surface area contributed by atoms with Gasteiger partial charge in [-0.1, -0.05) is 30.0 Å². The molecule has 0 aliphatic carbocycles. The molecule has 1 aromatic heterocycles. The van der Waals surface area contributed by atoms with E-state index in [-0.39, 0.29) is 0 Å². The zero-order valence-electron chi connectivity index (χ0n) is 10.1. The maximum atomic E-state index is 8.49. The molecule has 6 heteroatoms. The molecule has 5 nitrogen and oxygen atoms in total. The van der Waals surface area contributed by atoms with Gasteiger partial charge in [-0.25, -0.2) is 0 Å². The van der Waals surface area contributed by atoms with Crippen molar-refractivity contribution in [1.82, 2.24) is 20.2 Å². The summed E-state index contributed by atoms with van der Waals surface area (Å²) in [5.74, 6) is 0.847. The van der Waals surface area contributed by atoms with Crippen molar-refractivity contribution >= 4 is 11.8 Å². The SMILES string of the molecule is Cc1ccccc1-n1nnnc1SCCCC#N. The predicted octanol–water partition coefficient (Wildman–Crippen LogP) is 2.37. The Labute approximate surface area is 110 Å². The van der Waals surface area contributed by atoms with E-state index in [1.807, 2.05) is 31.2 Å². The van der Waals surface area contributed by atoms with Crippen LogP contribution in [-0.2, 0) is 0 Å². The Balaban J connectivity index is 2.13. The highest BCUT2D eigenvalue weighted by Gasteiger charge is 2.09. The van der Waals surface area contributed by atoms with E-state index in [1.165, 1.54) is 0 Å². The molecular weight excluding hydrogens is 246 g/mol. The molecule has 0 saturated carbocycles. The number of benzene rings is 1. The van der Waals surface area contributed by atoms with Crippen molar-refractivity contribution < 1.29 is 0 Å². The average molecular weight is 259 g/mol. The maximum Gasteiger partial charge on any atom is 0.214 e. The molecule has 1 aromatic carbocycles. The van der Waals surface area contributed by atoms with Crippen molar-refractivity contribution in [3.63, 3.8) is 0 Å². The highest BCUT2D eigenvalue weighted by molar-refractivity contribution is 7.99. The van der Waals surface area contributed by atoms with Crippen molar-refractivity contribution in [2.75, 3.05) is 5.75 Å².